The van der Waals surface area contributed by atoms with Gasteiger partial charge in [-0.05, 0) is 30.0 Å². The molecule has 0 saturated carbocycles. The van der Waals surface area contributed by atoms with Gasteiger partial charge in [0.1, 0.15) is 12.1 Å². The van der Waals surface area contributed by atoms with E-state index in [1.165, 1.54) is 18.9 Å². The second kappa shape index (κ2) is 11.1. The standard InChI is InChI=1S/C25H28N2O5S/c1-16(26-23(29)22(33-17(2)28)13-18-9-5-4-6-10-18)24(30)27-15-20-12-8-7-11-19(20)14-21(27)25(31)32-3/h4-12,16,21-22H,13-15H2,1-3H3,(H,26,29)/t16-,21-,22-/m0/s1. The van der Waals surface area contributed by atoms with Crippen molar-refractivity contribution in [2.24, 2.45) is 0 Å². The van der Waals surface area contributed by atoms with Crippen LogP contribution < -0.4 is 5.32 Å². The quantitative estimate of drug-likeness (QED) is 0.628. The maximum atomic E-state index is 13.3. The Bertz CT molecular complexity index is 1030. The number of benzene rings is 2. The number of fused-ring (bicyclic) bond motifs is 1. The first kappa shape index (κ1) is 24.5. The molecule has 2 amide bonds. The van der Waals surface area contributed by atoms with Crippen molar-refractivity contribution in [2.75, 3.05) is 7.11 Å². The van der Waals surface area contributed by atoms with Gasteiger partial charge in [0.05, 0.1) is 12.4 Å². The molecule has 1 aliphatic heterocycles. The van der Waals surface area contributed by atoms with Gasteiger partial charge >= 0.3 is 5.97 Å². The lowest BCUT2D eigenvalue weighted by Gasteiger charge is -2.36. The van der Waals surface area contributed by atoms with E-state index < -0.39 is 29.2 Å². The van der Waals surface area contributed by atoms with Gasteiger partial charge in [0.2, 0.25) is 11.8 Å². The van der Waals surface area contributed by atoms with Crippen LogP contribution in [-0.2, 0) is 43.3 Å². The first-order chi connectivity index (χ1) is 15.8. The van der Waals surface area contributed by atoms with E-state index in [-0.39, 0.29) is 17.6 Å². The Hall–Kier alpha value is -3.13. The van der Waals surface area contributed by atoms with Crippen LogP contribution in [0.25, 0.3) is 0 Å². The first-order valence-electron chi connectivity index (χ1n) is 10.8. The van der Waals surface area contributed by atoms with Crippen molar-refractivity contribution in [3.63, 3.8) is 0 Å². The molecule has 0 bridgehead atoms. The molecule has 1 N–H and O–H groups in total. The summed E-state index contributed by atoms with van der Waals surface area (Å²) in [5.41, 5.74) is 2.87. The minimum absolute atomic E-state index is 0.177. The maximum absolute atomic E-state index is 13.3. The largest absolute Gasteiger partial charge is 0.467 e. The molecule has 0 radical (unpaired) electrons. The van der Waals surface area contributed by atoms with Crippen LogP contribution in [0.15, 0.2) is 54.6 Å². The fourth-order valence-corrected chi connectivity index (χ4v) is 4.79. The SMILES string of the molecule is COC(=O)[C@@H]1Cc2ccccc2CN1C(=O)[C@H](C)NC(=O)[C@H](Cc1ccccc1)SC(C)=O. The summed E-state index contributed by atoms with van der Waals surface area (Å²) in [5, 5.41) is 1.90. The molecule has 8 heteroatoms. The highest BCUT2D eigenvalue weighted by molar-refractivity contribution is 8.14. The predicted molar refractivity (Wildman–Crippen MR) is 126 cm³/mol. The Balaban J connectivity index is 1.74. The third-order valence-electron chi connectivity index (χ3n) is 5.60. The van der Waals surface area contributed by atoms with Gasteiger partial charge in [-0.3, -0.25) is 14.4 Å². The van der Waals surface area contributed by atoms with Gasteiger partial charge in [0, 0.05) is 19.9 Å². The maximum Gasteiger partial charge on any atom is 0.328 e. The molecule has 0 spiro atoms. The number of hydrogen-bond donors (Lipinski definition) is 1. The van der Waals surface area contributed by atoms with E-state index in [4.69, 9.17) is 4.74 Å². The first-order valence-corrected chi connectivity index (χ1v) is 11.6. The summed E-state index contributed by atoms with van der Waals surface area (Å²) in [7, 11) is 1.30. The molecule has 33 heavy (non-hydrogen) atoms. The molecule has 0 fully saturated rings. The molecule has 0 saturated heterocycles. The number of carbonyl (C=O) groups is 4. The topological polar surface area (TPSA) is 92.8 Å². The molecule has 2 aromatic rings. The van der Waals surface area contributed by atoms with Crippen LogP contribution in [0.4, 0.5) is 0 Å². The highest BCUT2D eigenvalue weighted by Gasteiger charge is 2.37. The fraction of sp³-hybridized carbons (Fsp3) is 0.360. The summed E-state index contributed by atoms with van der Waals surface area (Å²) in [5.74, 6) is -1.27. The van der Waals surface area contributed by atoms with Crippen molar-refractivity contribution in [1.82, 2.24) is 10.2 Å². The third kappa shape index (κ3) is 6.22. The lowest BCUT2D eigenvalue weighted by atomic mass is 9.93. The summed E-state index contributed by atoms with van der Waals surface area (Å²) >= 11 is 0.942. The Morgan fingerprint density at radius 3 is 2.33 bits per heavy atom. The van der Waals surface area contributed by atoms with Crippen LogP contribution in [0.2, 0.25) is 0 Å². The van der Waals surface area contributed by atoms with E-state index in [0.29, 0.717) is 12.8 Å². The van der Waals surface area contributed by atoms with Gasteiger partial charge in [-0.25, -0.2) is 4.79 Å². The van der Waals surface area contributed by atoms with Crippen LogP contribution in [0, 0.1) is 0 Å². The number of thioether (sulfide) groups is 1. The number of amides is 2. The molecule has 1 aliphatic rings. The molecule has 7 nitrogen and oxygen atoms in total. The van der Waals surface area contributed by atoms with Gasteiger partial charge in [-0.1, -0.05) is 66.4 Å². The van der Waals surface area contributed by atoms with Crippen molar-refractivity contribution >= 4 is 34.7 Å². The summed E-state index contributed by atoms with van der Waals surface area (Å²) in [6.45, 7) is 3.26. The Morgan fingerprint density at radius 2 is 1.70 bits per heavy atom. The summed E-state index contributed by atoms with van der Waals surface area (Å²) in [6, 6.07) is 15.4. The number of hydrogen-bond acceptors (Lipinski definition) is 6. The fourth-order valence-electron chi connectivity index (χ4n) is 3.93. The van der Waals surface area contributed by atoms with E-state index in [1.54, 1.807) is 6.92 Å². The minimum atomic E-state index is -0.874. The Kier molecular flexibility index (Phi) is 8.27. The van der Waals surface area contributed by atoms with Crippen LogP contribution >= 0.6 is 11.8 Å². The molecule has 0 unspecified atom stereocenters. The Morgan fingerprint density at radius 1 is 1.06 bits per heavy atom. The number of rotatable bonds is 7. The van der Waals surface area contributed by atoms with Crippen molar-refractivity contribution in [3.05, 3.63) is 71.3 Å². The zero-order valence-electron chi connectivity index (χ0n) is 18.9. The number of ether oxygens (including phenoxy) is 1. The average Bonchev–Trinajstić information content (AvgIpc) is 2.82. The van der Waals surface area contributed by atoms with Gasteiger partial charge in [-0.15, -0.1) is 0 Å². The molecule has 2 aromatic carbocycles. The van der Waals surface area contributed by atoms with Crippen molar-refractivity contribution in [2.45, 2.75) is 50.6 Å². The molecule has 3 rings (SSSR count). The second-order valence-corrected chi connectivity index (χ2v) is 9.38. The van der Waals surface area contributed by atoms with E-state index in [9.17, 15) is 19.2 Å². The number of methoxy groups -OCH3 is 1. The van der Waals surface area contributed by atoms with Crippen molar-refractivity contribution in [1.29, 1.82) is 0 Å². The third-order valence-corrected chi connectivity index (χ3v) is 6.60. The van der Waals surface area contributed by atoms with Crippen LogP contribution in [0.1, 0.15) is 30.5 Å². The summed E-state index contributed by atoms with van der Waals surface area (Å²) in [6.07, 6.45) is 0.714. The molecule has 0 aliphatic carbocycles. The van der Waals surface area contributed by atoms with Gasteiger partial charge in [-0.2, -0.15) is 0 Å². The average molecular weight is 469 g/mol. The molecule has 0 aromatic heterocycles. The number of nitrogens with one attached hydrogen (secondary N) is 1. The van der Waals surface area contributed by atoms with Gasteiger partial charge in [0.25, 0.3) is 0 Å². The van der Waals surface area contributed by atoms with Crippen molar-refractivity contribution < 1.29 is 23.9 Å². The van der Waals surface area contributed by atoms with Gasteiger partial charge in [0.15, 0.2) is 5.12 Å². The lowest BCUT2D eigenvalue weighted by molar-refractivity contribution is -0.154. The zero-order chi connectivity index (χ0) is 24.0. The van der Waals surface area contributed by atoms with E-state index in [2.05, 4.69) is 5.32 Å². The predicted octanol–water partition coefficient (Wildman–Crippen LogP) is 2.51. The zero-order valence-corrected chi connectivity index (χ0v) is 19.8. The van der Waals surface area contributed by atoms with E-state index >= 15 is 0 Å². The molecular weight excluding hydrogens is 440 g/mol. The molecule has 174 valence electrons. The van der Waals surface area contributed by atoms with Gasteiger partial charge < -0.3 is 15.0 Å². The van der Waals surface area contributed by atoms with Crippen LogP contribution in [0.5, 0.6) is 0 Å². The van der Waals surface area contributed by atoms with E-state index in [0.717, 1.165) is 28.5 Å². The van der Waals surface area contributed by atoms with Crippen LogP contribution in [0.3, 0.4) is 0 Å². The second-order valence-electron chi connectivity index (χ2n) is 8.00. The number of carbonyl (C=O) groups excluding carboxylic acids is 4. The smallest absolute Gasteiger partial charge is 0.328 e. The highest BCUT2D eigenvalue weighted by Crippen LogP contribution is 2.25. The normalized spacial score (nSPS) is 16.8. The monoisotopic (exact) mass is 468 g/mol. The Labute approximate surface area is 197 Å². The number of esters is 1. The van der Waals surface area contributed by atoms with E-state index in [1.807, 2.05) is 54.6 Å². The van der Waals surface area contributed by atoms with Crippen LogP contribution in [-0.4, -0.2) is 52.2 Å². The molecular formula is C25H28N2O5S. The summed E-state index contributed by atoms with van der Waals surface area (Å²) in [4.78, 5) is 51.9. The minimum Gasteiger partial charge on any atom is -0.467 e. The molecule has 3 atom stereocenters. The summed E-state index contributed by atoms with van der Waals surface area (Å²) < 4.78 is 4.93. The van der Waals surface area contributed by atoms with Crippen molar-refractivity contribution in [3.8, 4) is 0 Å². The lowest BCUT2D eigenvalue weighted by Crippen LogP contribution is -2.56. The number of nitrogens with zero attached hydrogens (tertiary/aromatic N) is 1. The molecule has 1 heterocycles. The highest BCUT2D eigenvalue weighted by atomic mass is 32.2.